The van der Waals surface area contributed by atoms with E-state index in [1.54, 1.807) is 0 Å². The van der Waals surface area contributed by atoms with Gasteiger partial charge in [-0.25, -0.2) is 0 Å². The molecule has 0 spiro atoms. The fourth-order valence-electron chi connectivity index (χ4n) is 4.36. The lowest BCUT2D eigenvalue weighted by Gasteiger charge is -2.23. The van der Waals surface area contributed by atoms with E-state index in [2.05, 4.69) is 10.3 Å². The number of hydrogen-bond acceptors (Lipinski definition) is 4. The van der Waals surface area contributed by atoms with Crippen LogP contribution in [0.5, 0.6) is 11.5 Å². The number of aliphatic hydroxyl groups excluding tert-OH is 1. The fraction of sp³-hybridized carbons (Fsp3) is 0.222. The first-order valence-corrected chi connectivity index (χ1v) is 11.1. The molecule has 6 nitrogen and oxygen atoms in total. The molecule has 1 aliphatic heterocycles. The Kier molecular flexibility index (Phi) is 5.75. The Bertz CT molecular complexity index is 1310. The van der Waals surface area contributed by atoms with Crippen LogP contribution in [0.25, 0.3) is 22.0 Å². The zero-order valence-electron chi connectivity index (χ0n) is 18.4. The third kappa shape index (κ3) is 4.17. The maximum Gasteiger partial charge on any atom is 0.255 e. The Morgan fingerprint density at radius 1 is 1.09 bits per heavy atom. The lowest BCUT2D eigenvalue weighted by atomic mass is 9.97. The van der Waals surface area contributed by atoms with E-state index < -0.39 is 6.04 Å². The number of aromatic nitrogens is 1. The summed E-state index contributed by atoms with van der Waals surface area (Å²) in [5, 5.41) is 14.1. The molecule has 2 heterocycles. The zero-order valence-corrected chi connectivity index (χ0v) is 18.4. The Balaban J connectivity index is 1.45. The molecule has 5 rings (SSSR count). The lowest BCUT2D eigenvalue weighted by Crippen LogP contribution is -2.39. The Morgan fingerprint density at radius 2 is 1.88 bits per heavy atom. The van der Waals surface area contributed by atoms with Gasteiger partial charge in [-0.3, -0.25) is 4.79 Å². The number of carbonyl (C=O) groups excluding carboxylic acids is 1. The normalized spacial score (nSPS) is 13.6. The van der Waals surface area contributed by atoms with Crippen molar-refractivity contribution in [2.75, 3.05) is 19.8 Å². The van der Waals surface area contributed by atoms with Crippen molar-refractivity contribution >= 4 is 16.8 Å². The van der Waals surface area contributed by atoms with Crippen LogP contribution in [0.1, 0.15) is 21.5 Å². The average Bonchev–Trinajstić information content (AvgIpc) is 3.26. The maximum absolute atomic E-state index is 13.4. The molecule has 0 radical (unpaired) electrons. The van der Waals surface area contributed by atoms with Gasteiger partial charge in [0.2, 0.25) is 0 Å². The molecule has 3 N–H and O–H groups in total. The molecule has 3 aromatic carbocycles. The zero-order chi connectivity index (χ0) is 22.8. The second-order valence-electron chi connectivity index (χ2n) is 8.28. The van der Waals surface area contributed by atoms with Crippen molar-refractivity contribution < 1.29 is 19.4 Å². The molecule has 1 atom stereocenters. The summed E-state index contributed by atoms with van der Waals surface area (Å²) in [4.78, 5) is 16.6. The summed E-state index contributed by atoms with van der Waals surface area (Å²) in [6.07, 6.45) is 2.43. The van der Waals surface area contributed by atoms with E-state index in [0.717, 1.165) is 33.2 Å². The first-order chi connectivity index (χ1) is 16.1. The number of rotatable bonds is 6. The molecule has 1 aromatic heterocycles. The van der Waals surface area contributed by atoms with E-state index in [4.69, 9.17) is 9.47 Å². The van der Waals surface area contributed by atoms with Gasteiger partial charge in [0.1, 0.15) is 13.2 Å². The molecule has 0 unspecified atom stereocenters. The SMILES string of the molecule is Cc1ccccc1-c1cc2c(c(C(=O)N[C@@H](CO)Cc3c[nH]c4ccccc34)c1)OCCO2. The largest absolute Gasteiger partial charge is 0.486 e. The molecule has 0 saturated heterocycles. The fourth-order valence-corrected chi connectivity index (χ4v) is 4.36. The molecule has 168 valence electrons. The number of para-hydroxylation sites is 1. The number of aryl methyl sites for hydroxylation is 1. The predicted octanol–water partition coefficient (Wildman–Crippen LogP) is 4.25. The molecule has 6 heteroatoms. The number of hydrogen-bond donors (Lipinski definition) is 3. The molecule has 0 saturated carbocycles. The third-order valence-corrected chi connectivity index (χ3v) is 6.04. The monoisotopic (exact) mass is 442 g/mol. The highest BCUT2D eigenvalue weighted by molar-refractivity contribution is 5.99. The number of amides is 1. The summed E-state index contributed by atoms with van der Waals surface area (Å²) in [7, 11) is 0. The quantitative estimate of drug-likeness (QED) is 0.417. The highest BCUT2D eigenvalue weighted by Crippen LogP contribution is 2.39. The number of nitrogens with one attached hydrogen (secondary N) is 2. The second kappa shape index (κ2) is 9.00. The van der Waals surface area contributed by atoms with Crippen LogP contribution in [0.2, 0.25) is 0 Å². The van der Waals surface area contributed by atoms with Gasteiger partial charge in [-0.1, -0.05) is 42.5 Å². The first-order valence-electron chi connectivity index (χ1n) is 11.1. The molecule has 0 bridgehead atoms. The van der Waals surface area contributed by atoms with E-state index in [0.29, 0.717) is 36.7 Å². The van der Waals surface area contributed by atoms with Gasteiger partial charge in [-0.05, 0) is 53.8 Å². The predicted molar refractivity (Wildman–Crippen MR) is 128 cm³/mol. The van der Waals surface area contributed by atoms with E-state index in [1.807, 2.05) is 73.8 Å². The van der Waals surface area contributed by atoms with Crippen molar-refractivity contribution in [3.63, 3.8) is 0 Å². The summed E-state index contributed by atoms with van der Waals surface area (Å²) < 4.78 is 11.6. The van der Waals surface area contributed by atoms with E-state index in [9.17, 15) is 9.90 Å². The smallest absolute Gasteiger partial charge is 0.255 e. The molecule has 0 aliphatic carbocycles. The summed E-state index contributed by atoms with van der Waals surface area (Å²) >= 11 is 0. The number of benzene rings is 3. The van der Waals surface area contributed by atoms with Crippen LogP contribution < -0.4 is 14.8 Å². The third-order valence-electron chi connectivity index (χ3n) is 6.04. The van der Waals surface area contributed by atoms with Gasteiger partial charge < -0.3 is 24.9 Å². The van der Waals surface area contributed by atoms with Gasteiger partial charge in [0, 0.05) is 17.1 Å². The minimum Gasteiger partial charge on any atom is -0.486 e. The highest BCUT2D eigenvalue weighted by Gasteiger charge is 2.25. The van der Waals surface area contributed by atoms with Gasteiger partial charge in [0.25, 0.3) is 5.91 Å². The van der Waals surface area contributed by atoms with Crippen LogP contribution >= 0.6 is 0 Å². The first kappa shape index (κ1) is 21.1. The van der Waals surface area contributed by atoms with Crippen molar-refractivity contribution in [2.45, 2.75) is 19.4 Å². The number of aliphatic hydroxyl groups is 1. The van der Waals surface area contributed by atoms with Crippen molar-refractivity contribution in [2.24, 2.45) is 0 Å². The standard InChI is InChI=1S/C27H26N2O4/c1-17-6-2-3-7-21(17)18-13-23(26-25(14-18)32-10-11-33-26)27(31)29-20(16-30)12-19-15-28-24-9-5-4-8-22(19)24/h2-9,13-15,20,28,30H,10-12,16H2,1H3,(H,29,31)/t20-/m1/s1. The van der Waals surface area contributed by atoms with Crippen LogP contribution in [0.3, 0.4) is 0 Å². The highest BCUT2D eigenvalue weighted by atomic mass is 16.6. The summed E-state index contributed by atoms with van der Waals surface area (Å²) in [5.41, 5.74) is 5.50. The molecular weight excluding hydrogens is 416 g/mol. The van der Waals surface area contributed by atoms with Gasteiger partial charge in [-0.2, -0.15) is 0 Å². The van der Waals surface area contributed by atoms with Crippen LogP contribution in [-0.4, -0.2) is 41.9 Å². The molecule has 1 aliphatic rings. The van der Waals surface area contributed by atoms with Crippen LogP contribution in [0, 0.1) is 6.92 Å². The minimum absolute atomic E-state index is 0.178. The maximum atomic E-state index is 13.4. The number of aromatic amines is 1. The second-order valence-corrected chi connectivity index (χ2v) is 8.28. The average molecular weight is 443 g/mol. The van der Waals surface area contributed by atoms with E-state index in [-0.39, 0.29) is 12.5 Å². The number of carbonyl (C=O) groups is 1. The summed E-state index contributed by atoms with van der Waals surface area (Å²) in [6.45, 7) is 2.68. The van der Waals surface area contributed by atoms with Gasteiger partial charge >= 0.3 is 0 Å². The Labute approximate surface area is 192 Å². The van der Waals surface area contributed by atoms with Crippen LogP contribution in [0.4, 0.5) is 0 Å². The van der Waals surface area contributed by atoms with Crippen molar-refractivity contribution in [3.05, 3.63) is 83.6 Å². The van der Waals surface area contributed by atoms with Gasteiger partial charge in [-0.15, -0.1) is 0 Å². The molecule has 4 aromatic rings. The number of ether oxygens (including phenoxy) is 2. The minimum atomic E-state index is -0.445. The Morgan fingerprint density at radius 3 is 2.73 bits per heavy atom. The lowest BCUT2D eigenvalue weighted by molar-refractivity contribution is 0.0906. The summed E-state index contributed by atoms with van der Waals surface area (Å²) in [6, 6.07) is 19.3. The number of H-pyrrole nitrogens is 1. The van der Waals surface area contributed by atoms with Crippen molar-refractivity contribution in [1.29, 1.82) is 0 Å². The topological polar surface area (TPSA) is 83.6 Å². The van der Waals surface area contributed by atoms with Crippen molar-refractivity contribution in [1.82, 2.24) is 10.3 Å². The van der Waals surface area contributed by atoms with Gasteiger partial charge in [0.05, 0.1) is 18.2 Å². The summed E-state index contributed by atoms with van der Waals surface area (Å²) in [5.74, 6) is 0.704. The molecule has 0 fully saturated rings. The molecule has 1 amide bonds. The molecule has 33 heavy (non-hydrogen) atoms. The van der Waals surface area contributed by atoms with Crippen molar-refractivity contribution in [3.8, 4) is 22.6 Å². The Hall–Kier alpha value is -3.77. The van der Waals surface area contributed by atoms with E-state index >= 15 is 0 Å². The van der Waals surface area contributed by atoms with E-state index in [1.165, 1.54) is 0 Å². The molecular formula is C27H26N2O4. The van der Waals surface area contributed by atoms with Crippen LogP contribution in [0.15, 0.2) is 66.9 Å². The number of fused-ring (bicyclic) bond motifs is 2. The van der Waals surface area contributed by atoms with Crippen LogP contribution in [-0.2, 0) is 6.42 Å². The van der Waals surface area contributed by atoms with Gasteiger partial charge in [0.15, 0.2) is 11.5 Å².